The van der Waals surface area contributed by atoms with Gasteiger partial charge in [-0.05, 0) is 12.1 Å². The molecule has 4 aromatic rings. The van der Waals surface area contributed by atoms with Crippen LogP contribution in [0.15, 0.2) is 24.3 Å². The average molecular weight is 504 g/mol. The van der Waals surface area contributed by atoms with Crippen LogP contribution in [0.3, 0.4) is 0 Å². The Balaban J connectivity index is 1.28. The number of morpholine rings is 1. The van der Waals surface area contributed by atoms with Crippen LogP contribution in [-0.2, 0) is 24.8 Å². The molecule has 0 atom stereocenters. The van der Waals surface area contributed by atoms with Crippen LogP contribution in [0, 0.1) is 0 Å². The highest BCUT2D eigenvalue weighted by atomic mass is 16.5. The number of fused-ring (bicyclic) bond motifs is 2. The molecule has 11 heteroatoms. The molecule has 0 bridgehead atoms. The van der Waals surface area contributed by atoms with Crippen molar-refractivity contribution >= 4 is 28.0 Å². The number of aromatic nitrogens is 6. The van der Waals surface area contributed by atoms with Crippen molar-refractivity contribution in [2.75, 3.05) is 57.4 Å². The molecular weight excluding hydrogens is 470 g/mol. The number of hydrogen-bond acceptors (Lipinski definition) is 9. The van der Waals surface area contributed by atoms with Crippen LogP contribution in [-0.4, -0.2) is 109 Å². The van der Waals surface area contributed by atoms with Gasteiger partial charge in [-0.15, -0.1) is 0 Å². The van der Waals surface area contributed by atoms with Crippen molar-refractivity contribution in [2.24, 2.45) is 7.05 Å². The molecule has 1 aromatic carbocycles. The molecule has 3 aliphatic rings. The molecule has 0 amide bonds. The highest BCUT2D eigenvalue weighted by Crippen LogP contribution is 2.29. The molecule has 0 spiro atoms. The highest BCUT2D eigenvalue weighted by Gasteiger charge is 2.38. The van der Waals surface area contributed by atoms with Crippen molar-refractivity contribution in [3.05, 3.63) is 35.9 Å². The van der Waals surface area contributed by atoms with Crippen LogP contribution in [0.5, 0.6) is 0 Å². The van der Waals surface area contributed by atoms with Gasteiger partial charge in [-0.1, -0.05) is 19.1 Å². The Bertz CT molecular complexity index is 1450. The molecule has 3 fully saturated rings. The van der Waals surface area contributed by atoms with E-state index in [2.05, 4.69) is 43.9 Å². The molecule has 3 aliphatic heterocycles. The van der Waals surface area contributed by atoms with Gasteiger partial charge in [0.1, 0.15) is 11.6 Å². The third-order valence-electron chi connectivity index (χ3n) is 7.95. The summed E-state index contributed by atoms with van der Waals surface area (Å²) in [5.41, 5.74) is 3.64. The molecule has 7 rings (SSSR count). The lowest BCUT2D eigenvalue weighted by Gasteiger charge is -2.50. The fraction of sp³-hybridized carbons (Fsp3) is 0.538. The van der Waals surface area contributed by atoms with E-state index in [9.17, 15) is 5.11 Å². The fourth-order valence-corrected chi connectivity index (χ4v) is 5.74. The third-order valence-corrected chi connectivity index (χ3v) is 7.95. The number of benzene rings is 1. The minimum Gasteiger partial charge on any atom is -0.390 e. The zero-order valence-corrected chi connectivity index (χ0v) is 21.4. The van der Waals surface area contributed by atoms with Gasteiger partial charge in [-0.25, -0.2) is 9.97 Å². The minimum absolute atomic E-state index is 0.152. The molecule has 0 radical (unpaired) electrons. The highest BCUT2D eigenvalue weighted by molar-refractivity contribution is 5.86. The van der Waals surface area contributed by atoms with Crippen molar-refractivity contribution < 1.29 is 9.84 Å². The number of para-hydroxylation sites is 2. The molecule has 37 heavy (non-hydrogen) atoms. The number of rotatable bonds is 6. The largest absolute Gasteiger partial charge is 0.390 e. The van der Waals surface area contributed by atoms with Gasteiger partial charge in [0.25, 0.3) is 0 Å². The Morgan fingerprint density at radius 3 is 2.51 bits per heavy atom. The number of anilines is 1. The summed E-state index contributed by atoms with van der Waals surface area (Å²) in [7, 11) is 2.06. The molecule has 0 saturated carbocycles. The van der Waals surface area contributed by atoms with E-state index in [1.54, 1.807) is 0 Å². The third kappa shape index (κ3) is 3.88. The first-order valence-electron chi connectivity index (χ1n) is 13.3. The van der Waals surface area contributed by atoms with Crippen molar-refractivity contribution in [3.63, 3.8) is 0 Å². The van der Waals surface area contributed by atoms with E-state index in [4.69, 9.17) is 24.7 Å². The van der Waals surface area contributed by atoms with Gasteiger partial charge < -0.3 is 19.3 Å². The van der Waals surface area contributed by atoms with Crippen molar-refractivity contribution in [3.8, 4) is 5.95 Å². The molecule has 3 aromatic heterocycles. The number of ether oxygens (including phenoxy) is 1. The second-order valence-corrected chi connectivity index (χ2v) is 10.4. The van der Waals surface area contributed by atoms with E-state index in [-0.39, 0.29) is 6.10 Å². The lowest BCUT2D eigenvalue weighted by atomic mass is 10.0. The van der Waals surface area contributed by atoms with Gasteiger partial charge in [-0.3, -0.25) is 14.4 Å². The number of imidazole rings is 2. The molecule has 1 N–H and O–H groups in total. The maximum atomic E-state index is 9.62. The number of aliphatic hydroxyl groups is 1. The van der Waals surface area contributed by atoms with Crippen molar-refractivity contribution in [1.29, 1.82) is 0 Å². The van der Waals surface area contributed by atoms with Crippen LogP contribution < -0.4 is 4.90 Å². The summed E-state index contributed by atoms with van der Waals surface area (Å²) in [6.07, 6.45) is 0.630. The number of aliphatic hydroxyl groups excluding tert-OH is 1. The predicted octanol–water partition coefficient (Wildman–Crippen LogP) is 0.962. The van der Waals surface area contributed by atoms with E-state index >= 15 is 0 Å². The summed E-state index contributed by atoms with van der Waals surface area (Å²) < 4.78 is 9.84. The SMILES string of the molecule is CCc1nc2ccccc2n1-c1nc(N2CCOCC2)c2nc(CN3CC(N4CC(O)C4)C3)n(C)c2n1. The zero-order valence-electron chi connectivity index (χ0n) is 21.4. The zero-order chi connectivity index (χ0) is 25.1. The summed E-state index contributed by atoms with van der Waals surface area (Å²) in [4.78, 5) is 27.2. The molecule has 3 saturated heterocycles. The van der Waals surface area contributed by atoms with Crippen LogP contribution in [0.4, 0.5) is 5.82 Å². The lowest BCUT2D eigenvalue weighted by Crippen LogP contribution is -2.66. The van der Waals surface area contributed by atoms with Gasteiger partial charge in [0.05, 0.1) is 36.9 Å². The topological polar surface area (TPSA) is 101 Å². The van der Waals surface area contributed by atoms with Gasteiger partial charge in [-0.2, -0.15) is 9.97 Å². The first-order valence-corrected chi connectivity index (χ1v) is 13.3. The Kier molecular flexibility index (Phi) is 5.61. The van der Waals surface area contributed by atoms with Gasteiger partial charge in [0, 0.05) is 58.8 Å². The predicted molar refractivity (Wildman–Crippen MR) is 140 cm³/mol. The monoisotopic (exact) mass is 503 g/mol. The van der Waals surface area contributed by atoms with Gasteiger partial charge in [0.2, 0.25) is 5.95 Å². The fourth-order valence-electron chi connectivity index (χ4n) is 5.74. The Morgan fingerprint density at radius 2 is 1.76 bits per heavy atom. The van der Waals surface area contributed by atoms with E-state index in [1.807, 2.05) is 18.2 Å². The normalized spacial score (nSPS) is 20.1. The molecule has 0 unspecified atom stereocenters. The Labute approximate surface area is 215 Å². The summed E-state index contributed by atoms with van der Waals surface area (Å²) in [6.45, 7) is 9.40. The molecule has 194 valence electrons. The second-order valence-electron chi connectivity index (χ2n) is 10.4. The van der Waals surface area contributed by atoms with Crippen molar-refractivity contribution in [1.82, 2.24) is 38.9 Å². The molecular formula is C26H33N9O2. The molecule has 0 aliphatic carbocycles. The maximum Gasteiger partial charge on any atom is 0.239 e. The maximum absolute atomic E-state index is 9.62. The van der Waals surface area contributed by atoms with Crippen LogP contribution in [0.25, 0.3) is 28.1 Å². The van der Waals surface area contributed by atoms with Gasteiger partial charge >= 0.3 is 0 Å². The number of likely N-dealkylation sites (tertiary alicyclic amines) is 2. The summed E-state index contributed by atoms with van der Waals surface area (Å²) in [5, 5.41) is 9.62. The van der Waals surface area contributed by atoms with Crippen LogP contribution in [0.2, 0.25) is 0 Å². The van der Waals surface area contributed by atoms with Crippen LogP contribution >= 0.6 is 0 Å². The Morgan fingerprint density at radius 1 is 0.973 bits per heavy atom. The first kappa shape index (κ1) is 23.0. The van der Waals surface area contributed by atoms with Gasteiger partial charge in [0.15, 0.2) is 17.0 Å². The smallest absolute Gasteiger partial charge is 0.239 e. The average Bonchev–Trinajstić information content (AvgIpc) is 3.41. The quantitative estimate of drug-likeness (QED) is 0.412. The lowest BCUT2D eigenvalue weighted by molar-refractivity contribution is -0.0729. The van der Waals surface area contributed by atoms with Crippen LogP contribution in [0.1, 0.15) is 18.6 Å². The van der Waals surface area contributed by atoms with E-state index in [0.29, 0.717) is 25.2 Å². The first-order chi connectivity index (χ1) is 18.1. The second kappa shape index (κ2) is 9.02. The van der Waals surface area contributed by atoms with E-state index in [0.717, 1.165) is 91.9 Å². The summed E-state index contributed by atoms with van der Waals surface area (Å²) in [5.74, 6) is 3.43. The number of aryl methyl sites for hydroxylation is 2. The number of nitrogens with zero attached hydrogens (tertiary/aromatic N) is 9. The molecule has 11 nitrogen and oxygen atoms in total. The number of hydrogen-bond donors (Lipinski definition) is 1. The van der Waals surface area contributed by atoms with E-state index < -0.39 is 0 Å². The van der Waals surface area contributed by atoms with Crippen molar-refractivity contribution in [2.45, 2.75) is 32.0 Å². The molecule has 6 heterocycles. The summed E-state index contributed by atoms with van der Waals surface area (Å²) >= 11 is 0. The standard InChI is InChI=1S/C26H33N9O2/c1-3-21-27-19-6-4-5-7-20(19)35(21)26-29-24-23(25(30-26)33-8-10-37-11-9-33)28-22(31(24)2)16-32-12-17(13-32)34-14-18(36)15-34/h4-7,17-18,36H,3,8-16H2,1-2H3. The minimum atomic E-state index is -0.152. The summed E-state index contributed by atoms with van der Waals surface area (Å²) in [6, 6.07) is 8.70. The number of β-amino-alcohol motifs (C(OH)–C–C–N with tert-alkyl or cyclic N) is 1. The Hall–Kier alpha value is -3.12. The van der Waals surface area contributed by atoms with E-state index in [1.165, 1.54) is 0 Å².